The third-order valence-corrected chi connectivity index (χ3v) is 4.82. The number of anilines is 1. The van der Waals surface area contributed by atoms with Crippen LogP contribution in [0.1, 0.15) is 5.69 Å². The summed E-state index contributed by atoms with van der Waals surface area (Å²) in [5, 5.41) is 12.4. The molecule has 12 heteroatoms. The first kappa shape index (κ1) is 21.9. The van der Waals surface area contributed by atoms with E-state index in [1.165, 1.54) is 30.3 Å². The summed E-state index contributed by atoms with van der Waals surface area (Å²) in [6.45, 7) is -0.0476. The maximum absolute atomic E-state index is 14.2. The largest absolute Gasteiger partial charge is 0.482 e. The molecule has 0 bridgehead atoms. The molecular weight excluding hydrogens is 460 g/mol. The summed E-state index contributed by atoms with van der Waals surface area (Å²) in [5.74, 6) is -1.29. The minimum atomic E-state index is -4.10. The molecule has 0 aliphatic carbocycles. The Hall–Kier alpha value is -4.87. The average Bonchev–Trinajstić information content (AvgIpc) is 3.45. The Bertz CT molecular complexity index is 1460. The number of carbonyl (C=O) groups excluding carboxylic acids is 1. The van der Waals surface area contributed by atoms with Crippen molar-refractivity contribution < 1.29 is 23.0 Å². The number of para-hydroxylation sites is 1. The summed E-state index contributed by atoms with van der Waals surface area (Å²) in [5.41, 5.74) is 1.79. The van der Waals surface area contributed by atoms with Gasteiger partial charge in [-0.05, 0) is 29.5 Å². The van der Waals surface area contributed by atoms with Gasteiger partial charge in [-0.1, -0.05) is 59.7 Å². The van der Waals surface area contributed by atoms with Crippen molar-refractivity contribution in [2.75, 3.05) is 5.32 Å². The number of aromatic amines is 1. The highest BCUT2D eigenvalue weighted by Crippen LogP contribution is 2.30. The highest BCUT2D eigenvalue weighted by Gasteiger charge is 2.42. The first-order valence-electron chi connectivity index (χ1n) is 10.4. The molecular formula is C23H17F2N7O3. The van der Waals surface area contributed by atoms with Crippen molar-refractivity contribution in [1.29, 1.82) is 0 Å². The van der Waals surface area contributed by atoms with Gasteiger partial charge in [-0.15, -0.1) is 0 Å². The van der Waals surface area contributed by atoms with Crippen LogP contribution < -0.4 is 14.8 Å². The fourth-order valence-corrected chi connectivity index (χ4v) is 3.26. The first-order chi connectivity index (χ1) is 17.0. The van der Waals surface area contributed by atoms with Gasteiger partial charge in [-0.2, -0.15) is 23.5 Å². The lowest BCUT2D eigenvalue weighted by Gasteiger charge is -2.17. The van der Waals surface area contributed by atoms with E-state index < -0.39 is 12.0 Å². The van der Waals surface area contributed by atoms with E-state index in [2.05, 4.69) is 35.5 Å². The van der Waals surface area contributed by atoms with Crippen LogP contribution in [-0.4, -0.2) is 42.0 Å². The molecule has 35 heavy (non-hydrogen) atoms. The van der Waals surface area contributed by atoms with Crippen molar-refractivity contribution in [3.8, 4) is 22.9 Å². The zero-order chi connectivity index (χ0) is 24.3. The van der Waals surface area contributed by atoms with Crippen LogP contribution >= 0.6 is 0 Å². The molecule has 3 heterocycles. The van der Waals surface area contributed by atoms with E-state index >= 15 is 0 Å². The van der Waals surface area contributed by atoms with E-state index in [1.54, 1.807) is 22.7 Å². The van der Waals surface area contributed by atoms with Crippen molar-refractivity contribution in [1.82, 2.24) is 30.0 Å². The average molecular weight is 477 g/mol. The van der Waals surface area contributed by atoms with Crippen LogP contribution in [0.3, 0.4) is 0 Å². The van der Waals surface area contributed by atoms with Crippen molar-refractivity contribution in [3.05, 3.63) is 84.6 Å². The lowest BCUT2D eigenvalue weighted by Crippen LogP contribution is -2.40. The van der Waals surface area contributed by atoms with Crippen molar-refractivity contribution in [2.45, 2.75) is 12.7 Å². The van der Waals surface area contributed by atoms with Gasteiger partial charge in [-0.3, -0.25) is 4.79 Å². The topological polar surface area (TPSA) is 119 Å². The van der Waals surface area contributed by atoms with E-state index in [-0.39, 0.29) is 24.1 Å². The Labute approximate surface area is 196 Å². The molecule has 2 N–H and O–H groups in total. The smallest absolute Gasteiger partial charge is 0.470 e. The molecule has 0 unspecified atom stereocenters. The summed E-state index contributed by atoms with van der Waals surface area (Å²) in [6.07, 6.45) is -4.10. The number of carbonyl (C=O) groups is 1. The number of fused-ring (bicyclic) bond motifs is 1. The number of benzene rings is 2. The maximum atomic E-state index is 14.2. The molecule has 5 aromatic rings. The molecule has 10 nitrogen and oxygen atoms in total. The lowest BCUT2D eigenvalue weighted by molar-refractivity contribution is -0.187. The third-order valence-electron chi connectivity index (χ3n) is 4.82. The number of halogens is 2. The zero-order valence-corrected chi connectivity index (χ0v) is 17.9. The molecule has 0 fully saturated rings. The van der Waals surface area contributed by atoms with Crippen molar-refractivity contribution in [3.63, 3.8) is 0 Å². The van der Waals surface area contributed by atoms with Gasteiger partial charge in [0.25, 0.3) is 5.78 Å². The predicted molar refractivity (Wildman–Crippen MR) is 120 cm³/mol. The number of aromatic nitrogens is 6. The van der Waals surface area contributed by atoms with Crippen molar-refractivity contribution in [2.24, 2.45) is 0 Å². The standard InChI is InChI=1S/C23H17F2N7O3/c24-23(25,35-17-11-5-2-6-12-17)21(33)27-18-13-7-10-16(26-18)14-34-20-19(15-8-3-1-4-9-15)32-22(28-20)29-30-31-32/h1-13H,14H2,(H,26,27,33)(H,28,29,31). The zero-order valence-electron chi connectivity index (χ0n) is 17.9. The Kier molecular flexibility index (Phi) is 5.75. The second-order valence-electron chi connectivity index (χ2n) is 7.26. The fourth-order valence-electron chi connectivity index (χ4n) is 3.26. The van der Waals surface area contributed by atoms with Gasteiger partial charge in [0.05, 0.1) is 5.69 Å². The molecule has 0 aliphatic rings. The van der Waals surface area contributed by atoms with Gasteiger partial charge in [-0.25, -0.2) is 4.98 Å². The molecule has 0 atom stereocenters. The van der Waals surface area contributed by atoms with Gasteiger partial charge in [0.15, 0.2) is 0 Å². The maximum Gasteiger partial charge on any atom is 0.482 e. The summed E-state index contributed by atoms with van der Waals surface area (Å²) >= 11 is 0. The summed E-state index contributed by atoms with van der Waals surface area (Å²) in [4.78, 5) is 20.6. The summed E-state index contributed by atoms with van der Waals surface area (Å²) in [7, 11) is 0. The quantitative estimate of drug-likeness (QED) is 0.350. The van der Waals surface area contributed by atoms with Crippen LogP contribution in [0.25, 0.3) is 17.0 Å². The Morgan fingerprint density at radius 2 is 1.71 bits per heavy atom. The fraction of sp³-hybridized carbons (Fsp3) is 0.0870. The number of tetrazole rings is 1. The van der Waals surface area contributed by atoms with Crippen LogP contribution in [0.2, 0.25) is 0 Å². The molecule has 2 aromatic carbocycles. The number of imidazole rings is 1. The van der Waals surface area contributed by atoms with E-state index in [9.17, 15) is 13.6 Å². The van der Waals surface area contributed by atoms with E-state index in [0.29, 0.717) is 17.2 Å². The van der Waals surface area contributed by atoms with Crippen molar-refractivity contribution >= 4 is 17.5 Å². The van der Waals surface area contributed by atoms with Crippen LogP contribution in [0.15, 0.2) is 78.9 Å². The summed E-state index contributed by atoms with van der Waals surface area (Å²) in [6, 6.07) is 21.3. The summed E-state index contributed by atoms with van der Waals surface area (Å²) < 4.78 is 40.4. The molecule has 1 amide bonds. The van der Waals surface area contributed by atoms with Crippen LogP contribution in [-0.2, 0) is 11.4 Å². The van der Waals surface area contributed by atoms with Gasteiger partial charge in [0, 0.05) is 5.56 Å². The molecule has 5 rings (SSSR count). The number of hydrogen-bond acceptors (Lipinski definition) is 7. The molecule has 0 radical (unpaired) electrons. The van der Waals surface area contributed by atoms with Crippen LogP contribution in [0.4, 0.5) is 14.6 Å². The Morgan fingerprint density at radius 3 is 2.49 bits per heavy atom. The SMILES string of the molecule is O=C(Nc1cccc(COc2nc3nn[nH]n3c2-c2ccccc2)n1)C(F)(F)Oc1ccccc1. The van der Waals surface area contributed by atoms with E-state index in [1.807, 2.05) is 30.3 Å². The number of H-pyrrole nitrogens is 1. The molecule has 0 spiro atoms. The minimum absolute atomic E-state index is 0.0476. The molecule has 176 valence electrons. The third kappa shape index (κ3) is 4.76. The van der Waals surface area contributed by atoms with E-state index in [4.69, 9.17) is 4.74 Å². The highest BCUT2D eigenvalue weighted by atomic mass is 19.3. The number of nitrogens with one attached hydrogen (secondary N) is 2. The van der Waals surface area contributed by atoms with Gasteiger partial charge in [0.2, 0.25) is 5.88 Å². The first-order valence-corrected chi connectivity index (χ1v) is 10.4. The highest BCUT2D eigenvalue weighted by molar-refractivity contribution is 5.94. The Balaban J connectivity index is 1.30. The van der Waals surface area contributed by atoms with Gasteiger partial charge < -0.3 is 14.8 Å². The second kappa shape index (κ2) is 9.17. The number of ether oxygens (including phenoxy) is 2. The number of hydrogen-bond donors (Lipinski definition) is 2. The predicted octanol–water partition coefficient (Wildman–Crippen LogP) is 3.70. The van der Waals surface area contributed by atoms with Crippen LogP contribution in [0, 0.1) is 0 Å². The minimum Gasteiger partial charge on any atom is -0.470 e. The molecule has 0 aliphatic heterocycles. The molecule has 0 saturated carbocycles. The number of amides is 1. The second-order valence-corrected chi connectivity index (χ2v) is 7.26. The number of pyridine rings is 1. The molecule has 0 saturated heterocycles. The van der Waals surface area contributed by atoms with E-state index in [0.717, 1.165) is 5.56 Å². The molecule has 3 aromatic heterocycles. The lowest BCUT2D eigenvalue weighted by atomic mass is 10.2. The number of rotatable bonds is 8. The number of alkyl halides is 2. The van der Waals surface area contributed by atoms with Crippen LogP contribution in [0.5, 0.6) is 11.6 Å². The van der Waals surface area contributed by atoms with Gasteiger partial charge in [0.1, 0.15) is 23.9 Å². The Morgan fingerprint density at radius 1 is 0.971 bits per heavy atom. The monoisotopic (exact) mass is 477 g/mol. The van der Waals surface area contributed by atoms with Gasteiger partial charge >= 0.3 is 12.0 Å². The normalized spacial score (nSPS) is 11.4. The number of nitrogens with zero attached hydrogens (tertiary/aromatic N) is 5.